The van der Waals surface area contributed by atoms with Crippen molar-refractivity contribution in [2.45, 2.75) is 6.92 Å². The van der Waals surface area contributed by atoms with Crippen molar-refractivity contribution in [3.8, 4) is 0 Å². The van der Waals surface area contributed by atoms with Crippen LogP contribution in [0.4, 0.5) is 5.69 Å². The Morgan fingerprint density at radius 2 is 2.27 bits per heavy atom. The van der Waals surface area contributed by atoms with Crippen molar-refractivity contribution in [3.05, 3.63) is 27.7 Å². The number of hydrogen-bond acceptors (Lipinski definition) is 1. The lowest BCUT2D eigenvalue weighted by Gasteiger charge is -2.10. The Labute approximate surface area is 107 Å². The van der Waals surface area contributed by atoms with Crippen molar-refractivity contribution in [2.24, 2.45) is 5.92 Å². The van der Waals surface area contributed by atoms with Gasteiger partial charge in [0.25, 0.3) is 0 Å². The summed E-state index contributed by atoms with van der Waals surface area (Å²) in [6.45, 7) is 1.76. The van der Waals surface area contributed by atoms with Gasteiger partial charge in [0.05, 0.1) is 10.7 Å². The molecule has 1 N–H and O–H groups in total. The van der Waals surface area contributed by atoms with Crippen LogP contribution < -0.4 is 5.32 Å². The van der Waals surface area contributed by atoms with Gasteiger partial charge in [-0.25, -0.2) is 0 Å². The van der Waals surface area contributed by atoms with E-state index >= 15 is 0 Å². The number of anilines is 1. The zero-order valence-corrected chi connectivity index (χ0v) is 11.2. The first kappa shape index (κ1) is 12.8. The van der Waals surface area contributed by atoms with Gasteiger partial charge in [0.1, 0.15) is 0 Å². The van der Waals surface area contributed by atoms with E-state index in [0.29, 0.717) is 10.7 Å². The molecule has 1 amide bonds. The highest BCUT2D eigenvalue weighted by Gasteiger charge is 2.13. The standard InChI is InChI=1S/C10H10BrCl2NO/c1-6(5-12)10(15)14-9-4-7(11)2-3-8(9)13/h2-4,6H,5H2,1H3,(H,14,15). The average molecular weight is 311 g/mol. The second kappa shape index (κ2) is 5.73. The highest BCUT2D eigenvalue weighted by molar-refractivity contribution is 9.10. The molecule has 0 heterocycles. The monoisotopic (exact) mass is 309 g/mol. The molecule has 0 aliphatic heterocycles. The molecule has 1 unspecified atom stereocenters. The Morgan fingerprint density at radius 3 is 2.87 bits per heavy atom. The molecule has 82 valence electrons. The summed E-state index contributed by atoms with van der Waals surface area (Å²) in [5.74, 6) is -0.0796. The maximum absolute atomic E-state index is 11.5. The molecule has 1 atom stereocenters. The van der Waals surface area contributed by atoms with Crippen molar-refractivity contribution < 1.29 is 4.79 Å². The molecule has 2 nitrogen and oxygen atoms in total. The number of halogens is 3. The molecule has 15 heavy (non-hydrogen) atoms. The number of benzene rings is 1. The lowest BCUT2D eigenvalue weighted by Crippen LogP contribution is -2.21. The van der Waals surface area contributed by atoms with Gasteiger partial charge in [-0.1, -0.05) is 34.5 Å². The van der Waals surface area contributed by atoms with Gasteiger partial charge >= 0.3 is 0 Å². The number of carbonyl (C=O) groups is 1. The van der Waals surface area contributed by atoms with Crippen LogP contribution in [0.2, 0.25) is 5.02 Å². The summed E-state index contributed by atoms with van der Waals surface area (Å²) in [6.07, 6.45) is 0. The quantitative estimate of drug-likeness (QED) is 0.842. The summed E-state index contributed by atoms with van der Waals surface area (Å²) in [4.78, 5) is 11.5. The zero-order valence-electron chi connectivity index (χ0n) is 8.06. The van der Waals surface area contributed by atoms with Crippen LogP contribution in [-0.4, -0.2) is 11.8 Å². The third-order valence-electron chi connectivity index (χ3n) is 1.87. The Bertz CT molecular complexity index is 370. The predicted molar refractivity (Wildman–Crippen MR) is 67.7 cm³/mol. The molecular formula is C10H10BrCl2NO. The van der Waals surface area contributed by atoms with Crippen molar-refractivity contribution >= 4 is 50.7 Å². The Kier molecular flexibility index (Phi) is 4.90. The normalized spacial score (nSPS) is 12.3. The highest BCUT2D eigenvalue weighted by Crippen LogP contribution is 2.26. The number of carbonyl (C=O) groups excluding carboxylic acids is 1. The number of alkyl halides is 1. The van der Waals surface area contributed by atoms with E-state index in [1.807, 2.05) is 6.07 Å². The summed E-state index contributed by atoms with van der Waals surface area (Å²) in [6, 6.07) is 5.27. The van der Waals surface area contributed by atoms with Gasteiger partial charge in [-0.05, 0) is 18.2 Å². The molecule has 1 aromatic carbocycles. The summed E-state index contributed by atoms with van der Waals surface area (Å²) in [5, 5.41) is 3.22. The molecule has 0 saturated carbocycles. The first-order valence-corrected chi connectivity index (χ1v) is 6.07. The van der Waals surface area contributed by atoms with E-state index in [1.54, 1.807) is 19.1 Å². The number of nitrogens with one attached hydrogen (secondary N) is 1. The molecule has 0 aromatic heterocycles. The van der Waals surface area contributed by atoms with Crippen molar-refractivity contribution in [3.63, 3.8) is 0 Å². The lowest BCUT2D eigenvalue weighted by atomic mass is 10.2. The van der Waals surface area contributed by atoms with Crippen LogP contribution in [0.1, 0.15) is 6.92 Å². The lowest BCUT2D eigenvalue weighted by molar-refractivity contribution is -0.118. The fourth-order valence-corrected chi connectivity index (χ4v) is 1.59. The van der Waals surface area contributed by atoms with Crippen LogP contribution in [0, 0.1) is 5.92 Å². The molecule has 0 spiro atoms. The molecule has 0 fully saturated rings. The van der Waals surface area contributed by atoms with Crippen molar-refractivity contribution in [1.82, 2.24) is 0 Å². The van der Waals surface area contributed by atoms with Crippen LogP contribution in [0.3, 0.4) is 0 Å². The van der Waals surface area contributed by atoms with E-state index in [9.17, 15) is 4.79 Å². The molecule has 1 rings (SSSR count). The summed E-state index contributed by atoms with van der Waals surface area (Å²) in [7, 11) is 0. The van der Waals surface area contributed by atoms with Gasteiger partial charge < -0.3 is 5.32 Å². The second-order valence-electron chi connectivity index (χ2n) is 3.17. The van der Waals surface area contributed by atoms with Crippen LogP contribution in [0.15, 0.2) is 22.7 Å². The van der Waals surface area contributed by atoms with E-state index in [0.717, 1.165) is 4.47 Å². The molecule has 0 aliphatic carbocycles. The van der Waals surface area contributed by atoms with E-state index < -0.39 is 0 Å². The Morgan fingerprint density at radius 1 is 1.60 bits per heavy atom. The molecule has 0 aliphatic rings. The summed E-state index contributed by atoms with van der Waals surface area (Å²) < 4.78 is 0.862. The third-order valence-corrected chi connectivity index (χ3v) is 3.15. The van der Waals surface area contributed by atoms with Gasteiger partial charge in [-0.3, -0.25) is 4.79 Å². The van der Waals surface area contributed by atoms with Crippen molar-refractivity contribution in [2.75, 3.05) is 11.2 Å². The second-order valence-corrected chi connectivity index (χ2v) is 4.80. The third kappa shape index (κ3) is 3.67. The van der Waals surface area contributed by atoms with Gasteiger partial charge in [0.15, 0.2) is 0 Å². The minimum Gasteiger partial charge on any atom is -0.324 e. The van der Waals surface area contributed by atoms with E-state index in [-0.39, 0.29) is 17.7 Å². The zero-order chi connectivity index (χ0) is 11.4. The van der Waals surface area contributed by atoms with Gasteiger partial charge in [-0.15, -0.1) is 11.6 Å². The first-order chi connectivity index (χ1) is 7.04. The Hall–Kier alpha value is -0.250. The van der Waals surface area contributed by atoms with Crippen LogP contribution in [0.25, 0.3) is 0 Å². The van der Waals surface area contributed by atoms with Crippen LogP contribution >= 0.6 is 39.1 Å². The van der Waals surface area contributed by atoms with Crippen molar-refractivity contribution in [1.29, 1.82) is 0 Å². The summed E-state index contributed by atoms with van der Waals surface area (Å²) in [5.41, 5.74) is 0.591. The minimum absolute atomic E-state index is 0.134. The molecule has 0 bridgehead atoms. The fourth-order valence-electron chi connectivity index (χ4n) is 0.919. The number of hydrogen-bond donors (Lipinski definition) is 1. The number of amides is 1. The molecule has 0 saturated heterocycles. The van der Waals surface area contributed by atoms with Gasteiger partial charge in [-0.2, -0.15) is 0 Å². The first-order valence-electron chi connectivity index (χ1n) is 4.36. The van der Waals surface area contributed by atoms with Gasteiger partial charge in [0, 0.05) is 16.3 Å². The van der Waals surface area contributed by atoms with E-state index in [2.05, 4.69) is 21.2 Å². The van der Waals surface area contributed by atoms with E-state index in [4.69, 9.17) is 23.2 Å². The Balaban J connectivity index is 2.80. The molecule has 5 heteroatoms. The van der Waals surface area contributed by atoms with Gasteiger partial charge in [0.2, 0.25) is 5.91 Å². The van der Waals surface area contributed by atoms with Crippen LogP contribution in [-0.2, 0) is 4.79 Å². The summed E-state index contributed by atoms with van der Waals surface area (Å²) >= 11 is 14.8. The molecule has 0 radical (unpaired) electrons. The largest absolute Gasteiger partial charge is 0.324 e. The maximum Gasteiger partial charge on any atom is 0.228 e. The predicted octanol–water partition coefficient (Wildman–Crippen LogP) is 3.92. The van der Waals surface area contributed by atoms with Crippen LogP contribution in [0.5, 0.6) is 0 Å². The minimum atomic E-state index is -0.235. The topological polar surface area (TPSA) is 29.1 Å². The smallest absolute Gasteiger partial charge is 0.228 e. The average Bonchev–Trinajstić information content (AvgIpc) is 2.22. The SMILES string of the molecule is CC(CCl)C(=O)Nc1cc(Br)ccc1Cl. The molecular weight excluding hydrogens is 301 g/mol. The molecule has 1 aromatic rings. The fraction of sp³-hybridized carbons (Fsp3) is 0.300. The number of rotatable bonds is 3. The van der Waals surface area contributed by atoms with E-state index in [1.165, 1.54) is 0 Å². The highest BCUT2D eigenvalue weighted by atomic mass is 79.9. The maximum atomic E-state index is 11.5.